The summed E-state index contributed by atoms with van der Waals surface area (Å²) >= 11 is 5.84. The molecule has 1 N–H and O–H groups in total. The summed E-state index contributed by atoms with van der Waals surface area (Å²) in [5.74, 6) is 1.29. The molecule has 0 spiro atoms. The summed E-state index contributed by atoms with van der Waals surface area (Å²) in [6, 6.07) is 8.36. The summed E-state index contributed by atoms with van der Waals surface area (Å²) in [6.45, 7) is 5.29. The number of carbonyl (C=O) groups is 1. The third-order valence-corrected chi connectivity index (χ3v) is 5.31. The first kappa shape index (κ1) is 19.7. The van der Waals surface area contributed by atoms with E-state index in [0.717, 1.165) is 38.2 Å². The van der Waals surface area contributed by atoms with Gasteiger partial charge in [-0.1, -0.05) is 23.7 Å². The lowest BCUT2D eigenvalue weighted by Crippen LogP contribution is -2.46. The van der Waals surface area contributed by atoms with E-state index >= 15 is 0 Å². The number of hydrogen-bond acceptors (Lipinski definition) is 4. The Morgan fingerprint density at radius 1 is 1.41 bits per heavy atom. The lowest BCUT2D eigenvalue weighted by atomic mass is 9.91. The third kappa shape index (κ3) is 5.71. The van der Waals surface area contributed by atoms with Gasteiger partial charge in [0.15, 0.2) is 0 Å². The summed E-state index contributed by atoms with van der Waals surface area (Å²) in [5, 5.41) is 7.71. The molecule has 27 heavy (non-hydrogen) atoms. The molecule has 1 fully saturated rings. The molecule has 2 atom stereocenters. The smallest absolute Gasteiger partial charge is 0.241 e. The number of rotatable bonds is 7. The highest BCUT2D eigenvalue weighted by atomic mass is 35.5. The van der Waals surface area contributed by atoms with Crippen molar-refractivity contribution in [2.24, 2.45) is 5.92 Å². The summed E-state index contributed by atoms with van der Waals surface area (Å²) in [5.41, 5.74) is 1.28. The monoisotopic (exact) mass is 390 g/mol. The molecule has 1 aromatic heterocycles. The van der Waals surface area contributed by atoms with Crippen molar-refractivity contribution in [2.75, 3.05) is 20.2 Å². The molecule has 1 amide bonds. The quantitative estimate of drug-likeness (QED) is 0.789. The minimum Gasteiger partial charge on any atom is -0.497 e. The maximum atomic E-state index is 12.3. The first-order chi connectivity index (χ1) is 13.0. The average Bonchev–Trinajstić information content (AvgIpc) is 3.07. The van der Waals surface area contributed by atoms with Gasteiger partial charge in [0.1, 0.15) is 12.3 Å². The van der Waals surface area contributed by atoms with Crippen molar-refractivity contribution >= 4 is 17.5 Å². The number of nitrogens with zero attached hydrogens (tertiary/aromatic N) is 3. The Labute approximate surface area is 165 Å². The minimum absolute atomic E-state index is 0.0328. The highest BCUT2D eigenvalue weighted by Gasteiger charge is 2.25. The Morgan fingerprint density at radius 2 is 2.19 bits per heavy atom. The van der Waals surface area contributed by atoms with E-state index in [1.54, 1.807) is 18.0 Å². The van der Waals surface area contributed by atoms with Crippen molar-refractivity contribution < 1.29 is 9.53 Å². The van der Waals surface area contributed by atoms with Crippen LogP contribution in [-0.2, 0) is 17.9 Å². The molecule has 146 valence electrons. The number of nitrogens with one attached hydrogen (secondary N) is 1. The molecule has 2 aromatic rings. The van der Waals surface area contributed by atoms with Crippen LogP contribution in [0.25, 0.3) is 0 Å². The summed E-state index contributed by atoms with van der Waals surface area (Å²) < 4.78 is 6.78. The fourth-order valence-corrected chi connectivity index (χ4v) is 3.78. The van der Waals surface area contributed by atoms with Crippen molar-refractivity contribution in [1.82, 2.24) is 20.0 Å². The normalized spacial score (nSPS) is 18.9. The standard InChI is InChI=1S/C20H27ClN4O2/c1-15(23-20(26)14-25-13-18(21)10-22-25)17-4-3-9-24(12-17)11-16-5-7-19(27-2)8-6-16/h5-8,10,13,15,17H,3-4,9,11-12,14H2,1-2H3,(H,23,26). The van der Waals surface area contributed by atoms with Crippen molar-refractivity contribution in [3.8, 4) is 5.75 Å². The van der Waals surface area contributed by atoms with Crippen molar-refractivity contribution in [3.05, 3.63) is 47.2 Å². The SMILES string of the molecule is COc1ccc(CN2CCCC(C(C)NC(=O)Cn3cc(Cl)cn3)C2)cc1. The van der Waals surface area contributed by atoms with Gasteiger partial charge in [0.05, 0.1) is 18.3 Å². The number of likely N-dealkylation sites (tertiary alicyclic amines) is 1. The minimum atomic E-state index is -0.0328. The fourth-order valence-electron chi connectivity index (χ4n) is 3.62. The topological polar surface area (TPSA) is 59.4 Å². The van der Waals surface area contributed by atoms with Crippen LogP contribution in [0.15, 0.2) is 36.7 Å². The second-order valence-electron chi connectivity index (χ2n) is 7.20. The zero-order valence-corrected chi connectivity index (χ0v) is 16.7. The van der Waals surface area contributed by atoms with E-state index in [1.165, 1.54) is 11.8 Å². The third-order valence-electron chi connectivity index (χ3n) is 5.11. The van der Waals surface area contributed by atoms with Gasteiger partial charge in [0.25, 0.3) is 0 Å². The van der Waals surface area contributed by atoms with E-state index in [1.807, 2.05) is 12.1 Å². The molecule has 6 nitrogen and oxygen atoms in total. The molecule has 2 unspecified atom stereocenters. The molecular weight excluding hydrogens is 364 g/mol. The van der Waals surface area contributed by atoms with Crippen molar-refractivity contribution in [2.45, 2.75) is 38.9 Å². The molecule has 1 aromatic carbocycles. The van der Waals surface area contributed by atoms with Crippen LogP contribution in [0.3, 0.4) is 0 Å². The van der Waals surface area contributed by atoms with Crippen LogP contribution >= 0.6 is 11.6 Å². The van der Waals surface area contributed by atoms with E-state index in [0.29, 0.717) is 10.9 Å². The molecule has 7 heteroatoms. The van der Waals surface area contributed by atoms with E-state index in [4.69, 9.17) is 16.3 Å². The van der Waals surface area contributed by atoms with Gasteiger partial charge < -0.3 is 10.1 Å². The van der Waals surface area contributed by atoms with Crippen molar-refractivity contribution in [3.63, 3.8) is 0 Å². The molecule has 3 rings (SSSR count). The zero-order valence-electron chi connectivity index (χ0n) is 15.9. The summed E-state index contributed by atoms with van der Waals surface area (Å²) in [7, 11) is 1.68. The Morgan fingerprint density at radius 3 is 2.85 bits per heavy atom. The van der Waals surface area contributed by atoms with Crippen LogP contribution in [0.5, 0.6) is 5.75 Å². The molecular formula is C20H27ClN4O2. The van der Waals surface area contributed by atoms with Crippen LogP contribution in [0.1, 0.15) is 25.3 Å². The second kappa shape index (κ2) is 9.24. The molecule has 0 bridgehead atoms. The molecule has 1 saturated heterocycles. The first-order valence-electron chi connectivity index (χ1n) is 9.36. The summed E-state index contributed by atoms with van der Waals surface area (Å²) in [4.78, 5) is 14.7. The Bertz CT molecular complexity index is 747. The van der Waals surface area contributed by atoms with Gasteiger partial charge in [0.2, 0.25) is 5.91 Å². The van der Waals surface area contributed by atoms with Gasteiger partial charge in [-0.2, -0.15) is 5.10 Å². The number of carbonyl (C=O) groups excluding carboxylic acids is 1. The first-order valence-corrected chi connectivity index (χ1v) is 9.74. The van der Waals surface area contributed by atoms with E-state index in [-0.39, 0.29) is 18.5 Å². The van der Waals surface area contributed by atoms with Gasteiger partial charge >= 0.3 is 0 Å². The number of piperidine rings is 1. The largest absolute Gasteiger partial charge is 0.497 e. The van der Waals surface area contributed by atoms with Gasteiger partial charge in [-0.25, -0.2) is 0 Å². The number of ether oxygens (including phenoxy) is 1. The molecule has 2 heterocycles. The maximum Gasteiger partial charge on any atom is 0.241 e. The van der Waals surface area contributed by atoms with Gasteiger partial charge in [-0.05, 0) is 49.9 Å². The van der Waals surface area contributed by atoms with Crippen LogP contribution in [0, 0.1) is 5.92 Å². The maximum absolute atomic E-state index is 12.3. The van der Waals surface area contributed by atoms with Crippen LogP contribution in [0.2, 0.25) is 5.02 Å². The highest BCUT2D eigenvalue weighted by molar-refractivity contribution is 6.30. The predicted octanol–water partition coefficient (Wildman–Crippen LogP) is 2.96. The molecule has 1 aliphatic rings. The number of methoxy groups -OCH3 is 1. The number of hydrogen-bond donors (Lipinski definition) is 1. The number of benzene rings is 1. The van der Waals surface area contributed by atoms with Gasteiger partial charge in [-0.3, -0.25) is 14.4 Å². The fraction of sp³-hybridized carbons (Fsp3) is 0.500. The average molecular weight is 391 g/mol. The Balaban J connectivity index is 1.49. The lowest BCUT2D eigenvalue weighted by Gasteiger charge is -2.36. The highest BCUT2D eigenvalue weighted by Crippen LogP contribution is 2.22. The molecule has 0 radical (unpaired) electrons. The zero-order chi connectivity index (χ0) is 19.2. The number of amides is 1. The van der Waals surface area contributed by atoms with E-state index in [9.17, 15) is 4.79 Å². The Hall–Kier alpha value is -2.05. The van der Waals surface area contributed by atoms with Crippen LogP contribution in [0.4, 0.5) is 0 Å². The summed E-state index contributed by atoms with van der Waals surface area (Å²) in [6.07, 6.45) is 5.48. The molecule has 0 aliphatic carbocycles. The van der Waals surface area contributed by atoms with Gasteiger partial charge in [0, 0.05) is 25.3 Å². The predicted molar refractivity (Wildman–Crippen MR) is 106 cm³/mol. The van der Waals surface area contributed by atoms with Gasteiger partial charge in [-0.15, -0.1) is 0 Å². The van der Waals surface area contributed by atoms with Crippen LogP contribution in [-0.4, -0.2) is 46.8 Å². The van der Waals surface area contributed by atoms with Crippen molar-refractivity contribution in [1.29, 1.82) is 0 Å². The lowest BCUT2D eigenvalue weighted by molar-refractivity contribution is -0.123. The van der Waals surface area contributed by atoms with E-state index < -0.39 is 0 Å². The van der Waals surface area contributed by atoms with Crippen LogP contribution < -0.4 is 10.1 Å². The molecule has 1 aliphatic heterocycles. The second-order valence-corrected chi connectivity index (χ2v) is 7.63. The molecule has 0 saturated carbocycles. The number of aromatic nitrogens is 2. The Kier molecular flexibility index (Phi) is 6.74. The van der Waals surface area contributed by atoms with E-state index in [2.05, 4.69) is 34.4 Å². The number of halogens is 1.